The van der Waals surface area contributed by atoms with Crippen LogP contribution < -0.4 is 0 Å². The maximum atomic E-state index is 6.80. The molecule has 0 bridgehead atoms. The molecule has 0 saturated carbocycles. The molecule has 0 amide bonds. The highest BCUT2D eigenvalue weighted by Crippen LogP contribution is 2.46. The van der Waals surface area contributed by atoms with Crippen molar-refractivity contribution < 1.29 is 13.3 Å². The Morgan fingerprint density at radius 1 is 0.353 bits per heavy atom. The molecule has 4 heteroatoms. The summed E-state index contributed by atoms with van der Waals surface area (Å²) in [6.45, 7) is 0. The predicted molar refractivity (Wildman–Crippen MR) is 209 cm³/mol. The van der Waals surface area contributed by atoms with Crippen LogP contribution in [0.15, 0.2) is 165 Å². The number of furan rings is 3. The highest BCUT2D eigenvalue weighted by atomic mass is 16.3. The average molecular weight is 652 g/mol. The lowest BCUT2D eigenvalue weighted by molar-refractivity contribution is 0.667. The van der Waals surface area contributed by atoms with Crippen LogP contribution in [0.4, 0.5) is 0 Å². The molecule has 0 atom stereocenters. The molecule has 12 aromatic rings. The van der Waals surface area contributed by atoms with Crippen molar-refractivity contribution in [2.75, 3.05) is 0 Å². The van der Waals surface area contributed by atoms with Gasteiger partial charge in [-0.05, 0) is 69.6 Å². The zero-order chi connectivity index (χ0) is 33.2. The number of hydrogen-bond acceptors (Lipinski definition) is 4. The fourth-order valence-corrected chi connectivity index (χ4v) is 8.41. The lowest BCUT2D eigenvalue weighted by Gasteiger charge is -2.11. The van der Waals surface area contributed by atoms with Crippen molar-refractivity contribution in [3.05, 3.63) is 152 Å². The van der Waals surface area contributed by atoms with Gasteiger partial charge in [-0.2, -0.15) is 0 Å². The molecule has 0 aliphatic carbocycles. The number of nitrogens with zero attached hydrogens (tertiary/aromatic N) is 1. The van der Waals surface area contributed by atoms with Gasteiger partial charge in [0.05, 0.1) is 22.0 Å². The molecule has 51 heavy (non-hydrogen) atoms. The van der Waals surface area contributed by atoms with Gasteiger partial charge in [0.1, 0.15) is 33.5 Å². The summed E-state index contributed by atoms with van der Waals surface area (Å²) in [4.78, 5) is 5.42. The largest absolute Gasteiger partial charge is 0.456 e. The fraction of sp³-hybridized carbons (Fsp3) is 0. The maximum absolute atomic E-state index is 6.80. The zero-order valence-electron chi connectivity index (χ0n) is 27.1. The molecule has 0 spiro atoms. The van der Waals surface area contributed by atoms with Crippen LogP contribution in [0.25, 0.3) is 121 Å². The molecule has 4 aromatic heterocycles. The third-order valence-electron chi connectivity index (χ3n) is 10.6. The van der Waals surface area contributed by atoms with E-state index in [0.717, 1.165) is 99.1 Å². The first-order valence-corrected chi connectivity index (χ1v) is 17.2. The molecular formula is C47H25NO3. The monoisotopic (exact) mass is 651 g/mol. The fourth-order valence-electron chi connectivity index (χ4n) is 8.41. The average Bonchev–Trinajstić information content (AvgIpc) is 3.89. The van der Waals surface area contributed by atoms with Gasteiger partial charge in [0, 0.05) is 38.1 Å². The van der Waals surface area contributed by atoms with E-state index >= 15 is 0 Å². The third kappa shape index (κ3) is 3.65. The highest BCUT2D eigenvalue weighted by Gasteiger charge is 2.23. The zero-order valence-corrected chi connectivity index (χ0v) is 27.1. The predicted octanol–water partition coefficient (Wildman–Crippen LogP) is 13.6. The van der Waals surface area contributed by atoms with Gasteiger partial charge >= 0.3 is 0 Å². The maximum Gasteiger partial charge on any atom is 0.147 e. The van der Waals surface area contributed by atoms with Crippen LogP contribution in [-0.4, -0.2) is 4.98 Å². The molecule has 4 nitrogen and oxygen atoms in total. The molecular weight excluding hydrogens is 627 g/mol. The molecule has 0 aliphatic rings. The van der Waals surface area contributed by atoms with E-state index in [1.807, 2.05) is 42.5 Å². The second-order valence-corrected chi connectivity index (χ2v) is 13.4. The summed E-state index contributed by atoms with van der Waals surface area (Å²) in [6.07, 6.45) is 0. The Kier molecular flexibility index (Phi) is 5.20. The quantitative estimate of drug-likeness (QED) is 0.187. The second-order valence-electron chi connectivity index (χ2n) is 13.4. The Labute approximate surface area is 289 Å². The molecule has 8 aromatic carbocycles. The van der Waals surface area contributed by atoms with Crippen molar-refractivity contribution in [3.8, 4) is 22.4 Å². The SMILES string of the molecule is c1cc(-c2cc3ccccc3c3c2oc2ccc4ccccc4c23)cc(-c2nc3ccc4oc5ccccc5c4c3c3oc4ccccc4c23)c1. The summed E-state index contributed by atoms with van der Waals surface area (Å²) in [6, 6.07) is 52.9. The number of rotatable bonds is 2. The van der Waals surface area contributed by atoms with Crippen LogP contribution in [0.5, 0.6) is 0 Å². The van der Waals surface area contributed by atoms with Gasteiger partial charge < -0.3 is 13.3 Å². The molecule has 0 fully saturated rings. The molecule has 236 valence electrons. The van der Waals surface area contributed by atoms with Crippen LogP contribution in [0.1, 0.15) is 0 Å². The molecule has 4 heterocycles. The van der Waals surface area contributed by atoms with E-state index < -0.39 is 0 Å². The lowest BCUT2D eigenvalue weighted by Crippen LogP contribution is -1.90. The van der Waals surface area contributed by atoms with Crippen LogP contribution in [0, 0.1) is 0 Å². The molecule has 0 N–H and O–H groups in total. The van der Waals surface area contributed by atoms with E-state index in [9.17, 15) is 0 Å². The van der Waals surface area contributed by atoms with Gasteiger partial charge in [0.15, 0.2) is 0 Å². The third-order valence-corrected chi connectivity index (χ3v) is 10.6. The van der Waals surface area contributed by atoms with Crippen LogP contribution >= 0.6 is 0 Å². The van der Waals surface area contributed by atoms with Crippen molar-refractivity contribution in [3.63, 3.8) is 0 Å². The smallest absolute Gasteiger partial charge is 0.147 e. The van der Waals surface area contributed by atoms with Crippen molar-refractivity contribution in [2.45, 2.75) is 0 Å². The molecule has 0 unspecified atom stereocenters. The molecule has 0 saturated heterocycles. The van der Waals surface area contributed by atoms with E-state index in [1.165, 1.54) is 21.5 Å². The van der Waals surface area contributed by atoms with Crippen LogP contribution in [-0.2, 0) is 0 Å². The highest BCUT2D eigenvalue weighted by molar-refractivity contribution is 6.30. The summed E-state index contributed by atoms with van der Waals surface area (Å²) in [5.74, 6) is 0. The number of pyridine rings is 1. The topological polar surface area (TPSA) is 52.3 Å². The van der Waals surface area contributed by atoms with Gasteiger partial charge in [-0.1, -0.05) is 109 Å². The summed E-state index contributed by atoms with van der Waals surface area (Å²) >= 11 is 0. The van der Waals surface area contributed by atoms with Gasteiger partial charge in [0.2, 0.25) is 0 Å². The number of fused-ring (bicyclic) bond motifs is 16. The van der Waals surface area contributed by atoms with E-state index in [1.54, 1.807) is 0 Å². The van der Waals surface area contributed by atoms with E-state index in [-0.39, 0.29) is 0 Å². The summed E-state index contributed by atoms with van der Waals surface area (Å²) in [5.41, 5.74) is 9.94. The first-order valence-electron chi connectivity index (χ1n) is 17.2. The van der Waals surface area contributed by atoms with Crippen LogP contribution in [0.3, 0.4) is 0 Å². The van der Waals surface area contributed by atoms with Crippen LogP contribution in [0.2, 0.25) is 0 Å². The number of hydrogen-bond donors (Lipinski definition) is 0. The van der Waals surface area contributed by atoms with E-state index in [0.29, 0.717) is 0 Å². The van der Waals surface area contributed by atoms with Crippen molar-refractivity contribution >= 4 is 98.3 Å². The Balaban J connectivity index is 1.17. The molecule has 0 aliphatic heterocycles. The Morgan fingerprint density at radius 3 is 1.80 bits per heavy atom. The number of aromatic nitrogens is 1. The van der Waals surface area contributed by atoms with Crippen molar-refractivity contribution in [1.82, 2.24) is 4.98 Å². The van der Waals surface area contributed by atoms with E-state index in [2.05, 4.69) is 109 Å². The number of para-hydroxylation sites is 2. The van der Waals surface area contributed by atoms with Crippen molar-refractivity contribution in [1.29, 1.82) is 0 Å². The Bertz CT molecular complexity index is 3430. The summed E-state index contributed by atoms with van der Waals surface area (Å²) < 4.78 is 19.8. The normalized spacial score (nSPS) is 12.3. The minimum atomic E-state index is 0.816. The molecule has 12 rings (SSSR count). The first-order chi connectivity index (χ1) is 25.3. The van der Waals surface area contributed by atoms with Crippen molar-refractivity contribution in [2.24, 2.45) is 0 Å². The second kappa shape index (κ2) is 9.84. The van der Waals surface area contributed by atoms with Gasteiger partial charge in [-0.25, -0.2) is 4.98 Å². The first kappa shape index (κ1) is 27.0. The molecule has 0 radical (unpaired) electrons. The standard InChI is InChI=1S/C47H25NO3/c1-3-14-30-26(10-1)20-22-39-40(30)42-31-15-4-2-11-28(31)25-34(46(42)51-39)27-12-9-13-29(24-27)45-43-33-17-6-8-19-37(33)50-47(43)44-35(48-45)21-23-38-41(44)32-16-5-7-18-36(32)49-38/h1-25H. The minimum absolute atomic E-state index is 0.816. The Morgan fingerprint density at radius 2 is 0.961 bits per heavy atom. The van der Waals surface area contributed by atoms with E-state index in [4.69, 9.17) is 18.2 Å². The summed E-state index contributed by atoms with van der Waals surface area (Å²) in [5, 5.41) is 12.1. The lowest BCUT2D eigenvalue weighted by atomic mass is 9.93. The summed E-state index contributed by atoms with van der Waals surface area (Å²) in [7, 11) is 0. The van der Waals surface area contributed by atoms with Gasteiger partial charge in [-0.15, -0.1) is 0 Å². The van der Waals surface area contributed by atoms with Gasteiger partial charge in [0.25, 0.3) is 0 Å². The minimum Gasteiger partial charge on any atom is -0.456 e. The van der Waals surface area contributed by atoms with Gasteiger partial charge in [-0.3, -0.25) is 0 Å². The number of benzene rings is 8. The Hall–Kier alpha value is -6.91.